The molecule has 4 aliphatic rings. The zero-order chi connectivity index (χ0) is 25.4. The molecule has 0 bridgehead atoms. The molecule has 3 unspecified atom stereocenters. The Hall–Kier alpha value is -0.330. The summed E-state index contributed by atoms with van der Waals surface area (Å²) in [6, 6.07) is 0. The summed E-state index contributed by atoms with van der Waals surface area (Å²) >= 11 is 0. The van der Waals surface area contributed by atoms with Gasteiger partial charge in [-0.25, -0.2) is 0 Å². The molecule has 196 valence electrons. The molecule has 0 spiro atoms. The van der Waals surface area contributed by atoms with Crippen LogP contribution in [-0.4, -0.2) is 5.78 Å². The highest BCUT2D eigenvalue weighted by Crippen LogP contribution is 2.76. The first-order chi connectivity index (χ1) is 15.6. The van der Waals surface area contributed by atoms with Gasteiger partial charge in [0.2, 0.25) is 0 Å². The lowest BCUT2D eigenvalue weighted by Gasteiger charge is -2.67. The molecule has 11 atom stereocenters. The fourth-order valence-corrected chi connectivity index (χ4v) is 11.1. The van der Waals surface area contributed by atoms with Crippen molar-refractivity contribution in [2.75, 3.05) is 0 Å². The molecule has 4 fully saturated rings. The maximum Gasteiger partial charge on any atom is 0.136 e. The molecule has 0 heterocycles. The van der Waals surface area contributed by atoms with Crippen molar-refractivity contribution in [3.05, 3.63) is 0 Å². The van der Waals surface area contributed by atoms with Gasteiger partial charge in [0.05, 0.1) is 0 Å². The Morgan fingerprint density at radius 2 is 1.56 bits per heavy atom. The third-order valence-corrected chi connectivity index (χ3v) is 13.7. The molecule has 4 saturated carbocycles. The Bertz CT molecular complexity index is 779. The van der Waals surface area contributed by atoms with Crippen LogP contribution in [0.2, 0.25) is 0 Å². The van der Waals surface area contributed by atoms with Crippen LogP contribution in [0.1, 0.15) is 128 Å². The Morgan fingerprint density at radius 1 is 0.912 bits per heavy atom. The maximum absolute atomic E-state index is 13.8. The lowest BCUT2D eigenvalue weighted by atomic mass is 9.36. The van der Waals surface area contributed by atoms with Crippen LogP contribution in [0.15, 0.2) is 0 Å². The monoisotopic (exact) mass is 470 g/mol. The highest BCUT2D eigenvalue weighted by molar-refractivity contribution is 5.83. The summed E-state index contributed by atoms with van der Waals surface area (Å²) in [7, 11) is 0. The normalized spacial score (nSPS) is 50.0. The molecule has 1 nitrogen and oxygen atoms in total. The van der Waals surface area contributed by atoms with Crippen molar-refractivity contribution in [1.29, 1.82) is 0 Å². The molecular weight excluding hydrogens is 412 g/mol. The van der Waals surface area contributed by atoms with E-state index in [4.69, 9.17) is 0 Å². The van der Waals surface area contributed by atoms with Crippen LogP contribution in [0.4, 0.5) is 0 Å². The second-order valence-electron chi connectivity index (χ2n) is 16.1. The number of Topliss-reactive ketones (excluding diaryl/α,β-unsaturated/α-hetero) is 1. The van der Waals surface area contributed by atoms with Gasteiger partial charge in [-0.1, -0.05) is 82.6 Å². The minimum atomic E-state index is 0.216. The van der Waals surface area contributed by atoms with Gasteiger partial charge in [0.25, 0.3) is 0 Å². The first kappa shape index (κ1) is 26.7. The number of rotatable bonds is 5. The minimum absolute atomic E-state index is 0.216. The van der Waals surface area contributed by atoms with Gasteiger partial charge in [-0.05, 0) is 108 Å². The largest absolute Gasteiger partial charge is 0.299 e. The minimum Gasteiger partial charge on any atom is -0.299 e. The molecule has 0 aromatic rings. The van der Waals surface area contributed by atoms with E-state index in [0.717, 1.165) is 48.3 Å². The van der Waals surface area contributed by atoms with Crippen molar-refractivity contribution in [3.63, 3.8) is 0 Å². The van der Waals surface area contributed by atoms with E-state index in [-0.39, 0.29) is 5.41 Å². The van der Waals surface area contributed by atoms with Crippen molar-refractivity contribution < 1.29 is 4.79 Å². The quantitative estimate of drug-likeness (QED) is 0.391. The van der Waals surface area contributed by atoms with Crippen LogP contribution >= 0.6 is 0 Å². The summed E-state index contributed by atoms with van der Waals surface area (Å²) < 4.78 is 0. The molecule has 1 heteroatoms. The van der Waals surface area contributed by atoms with Gasteiger partial charge >= 0.3 is 0 Å². The fraction of sp³-hybridized carbons (Fsp3) is 0.970. The van der Waals surface area contributed by atoms with E-state index in [9.17, 15) is 4.79 Å². The van der Waals surface area contributed by atoms with E-state index in [1.807, 2.05) is 0 Å². The highest BCUT2D eigenvalue weighted by Gasteiger charge is 2.70. The Kier molecular flexibility index (Phi) is 6.77. The van der Waals surface area contributed by atoms with Crippen LogP contribution in [0.25, 0.3) is 0 Å². The van der Waals surface area contributed by atoms with Gasteiger partial charge < -0.3 is 0 Å². The van der Waals surface area contributed by atoms with Crippen LogP contribution in [0.3, 0.4) is 0 Å². The van der Waals surface area contributed by atoms with Crippen molar-refractivity contribution >= 4 is 5.78 Å². The summed E-state index contributed by atoms with van der Waals surface area (Å²) in [4.78, 5) is 13.8. The van der Waals surface area contributed by atoms with Gasteiger partial charge in [0.15, 0.2) is 0 Å². The third kappa shape index (κ3) is 3.70. The van der Waals surface area contributed by atoms with Gasteiger partial charge in [-0.3, -0.25) is 4.79 Å². The number of hydrogen-bond acceptors (Lipinski definition) is 1. The lowest BCUT2D eigenvalue weighted by molar-refractivity contribution is -0.196. The Morgan fingerprint density at radius 3 is 2.18 bits per heavy atom. The summed E-state index contributed by atoms with van der Waals surface area (Å²) in [5.74, 6) is 6.75. The second kappa shape index (κ2) is 8.62. The van der Waals surface area contributed by atoms with Crippen molar-refractivity contribution in [2.45, 2.75) is 128 Å². The first-order valence-corrected chi connectivity index (χ1v) is 15.1. The van der Waals surface area contributed by atoms with Crippen LogP contribution in [0, 0.1) is 74.9 Å². The fourth-order valence-electron chi connectivity index (χ4n) is 11.1. The third-order valence-electron chi connectivity index (χ3n) is 13.7. The van der Waals surface area contributed by atoms with Crippen molar-refractivity contribution in [3.8, 4) is 0 Å². The van der Waals surface area contributed by atoms with E-state index in [1.54, 1.807) is 0 Å². The predicted molar refractivity (Wildman–Crippen MR) is 145 cm³/mol. The standard InChI is InChI=1S/C33H58O/c1-20(2)12-13-24(6)30(7,8)28-14-15-32(10)26-17-27(34)25-16-21(3)22(4)18-31(25,9)29(26)23(5)19-33(28,32)11/h20-26,28-29H,12-19H2,1-11H3/t21-,22+,23?,24-,25+,26?,28-,29?,31+,32+,33-/m1/s1. The molecule has 0 radical (unpaired) electrons. The summed E-state index contributed by atoms with van der Waals surface area (Å²) in [5.41, 5.74) is 1.22. The number of carbonyl (C=O) groups excluding carboxylic acids is 1. The average Bonchev–Trinajstić information content (AvgIpc) is 2.99. The predicted octanol–water partition coefficient (Wildman–Crippen LogP) is 9.44. The topological polar surface area (TPSA) is 17.1 Å². The molecule has 0 aliphatic heterocycles. The van der Waals surface area contributed by atoms with Crippen LogP contribution in [0.5, 0.6) is 0 Å². The molecule has 0 aromatic heterocycles. The number of fused-ring (bicyclic) bond motifs is 5. The Labute approximate surface area is 213 Å². The molecule has 0 aromatic carbocycles. The molecule has 0 N–H and O–H groups in total. The zero-order valence-corrected chi connectivity index (χ0v) is 24.8. The van der Waals surface area contributed by atoms with E-state index >= 15 is 0 Å². The van der Waals surface area contributed by atoms with Crippen molar-refractivity contribution in [2.24, 2.45) is 74.9 Å². The maximum atomic E-state index is 13.8. The average molecular weight is 471 g/mol. The van der Waals surface area contributed by atoms with E-state index < -0.39 is 0 Å². The second-order valence-corrected chi connectivity index (χ2v) is 16.1. The highest BCUT2D eigenvalue weighted by atomic mass is 16.1. The van der Waals surface area contributed by atoms with Crippen LogP contribution in [-0.2, 0) is 4.79 Å². The summed E-state index contributed by atoms with van der Waals surface area (Å²) in [6.07, 6.45) is 10.1. The molecule has 4 aliphatic carbocycles. The lowest BCUT2D eigenvalue weighted by Crippen LogP contribution is -2.63. The zero-order valence-electron chi connectivity index (χ0n) is 24.8. The van der Waals surface area contributed by atoms with Gasteiger partial charge in [-0.2, -0.15) is 0 Å². The SMILES string of the molecule is CC(C)CC[C@@H](C)C(C)(C)[C@H]1CC[C@@]2(C)C3CC(=O)[C@@H]4C[C@@H](C)[C@@H](C)C[C@]4(C)C3C(C)C[C@]12C. The van der Waals surface area contributed by atoms with Crippen LogP contribution < -0.4 is 0 Å². The van der Waals surface area contributed by atoms with Gasteiger partial charge in [0.1, 0.15) is 5.78 Å². The molecule has 4 rings (SSSR count). The smallest absolute Gasteiger partial charge is 0.136 e. The van der Waals surface area contributed by atoms with Crippen molar-refractivity contribution in [1.82, 2.24) is 0 Å². The van der Waals surface area contributed by atoms with E-state index in [2.05, 4.69) is 76.2 Å². The summed E-state index contributed by atoms with van der Waals surface area (Å²) in [6.45, 7) is 27.8. The van der Waals surface area contributed by atoms with Gasteiger partial charge in [-0.15, -0.1) is 0 Å². The van der Waals surface area contributed by atoms with Gasteiger partial charge in [0, 0.05) is 12.3 Å². The first-order valence-electron chi connectivity index (χ1n) is 15.1. The number of hydrogen-bond donors (Lipinski definition) is 0. The molecule has 0 saturated heterocycles. The molecular formula is C33H58O. The number of carbonyl (C=O) groups is 1. The molecule has 0 amide bonds. The Balaban J connectivity index is 1.68. The number of ketones is 1. The molecule has 34 heavy (non-hydrogen) atoms. The van der Waals surface area contributed by atoms with E-state index in [0.29, 0.717) is 39.8 Å². The summed E-state index contributed by atoms with van der Waals surface area (Å²) in [5, 5.41) is 0. The van der Waals surface area contributed by atoms with E-state index in [1.165, 1.54) is 38.5 Å².